The van der Waals surface area contributed by atoms with Crippen molar-refractivity contribution in [1.82, 2.24) is 4.72 Å². The van der Waals surface area contributed by atoms with Gasteiger partial charge in [-0.2, -0.15) is 4.72 Å². The Morgan fingerprint density at radius 1 is 1.59 bits per heavy atom. The first kappa shape index (κ1) is 14.6. The molecule has 96 valence electrons. The number of hydrogen-bond acceptors (Lipinski definition) is 5. The van der Waals surface area contributed by atoms with E-state index < -0.39 is 28.6 Å². The summed E-state index contributed by atoms with van der Waals surface area (Å²) in [5.41, 5.74) is 0. The topological polar surface area (TPSA) is 104 Å². The summed E-state index contributed by atoms with van der Waals surface area (Å²) in [4.78, 5) is 10.8. The number of carbonyl (C=O) groups is 1. The molecule has 1 atom stereocenters. The van der Waals surface area contributed by atoms with E-state index >= 15 is 0 Å². The van der Waals surface area contributed by atoms with Crippen LogP contribution >= 0.6 is 27.3 Å². The maximum Gasteiger partial charge on any atom is 0.321 e. The van der Waals surface area contributed by atoms with Gasteiger partial charge >= 0.3 is 5.97 Å². The van der Waals surface area contributed by atoms with Crippen LogP contribution in [0.25, 0.3) is 0 Å². The molecule has 1 heterocycles. The third-order valence-corrected chi connectivity index (χ3v) is 5.98. The van der Waals surface area contributed by atoms with Crippen molar-refractivity contribution >= 4 is 43.3 Å². The molecule has 0 saturated carbocycles. The van der Waals surface area contributed by atoms with Crippen LogP contribution in [0.4, 0.5) is 0 Å². The summed E-state index contributed by atoms with van der Waals surface area (Å²) in [6.45, 7) is -0.412. The van der Waals surface area contributed by atoms with Crippen molar-refractivity contribution in [2.45, 2.75) is 16.7 Å². The molecule has 6 nitrogen and oxygen atoms in total. The van der Waals surface area contributed by atoms with Crippen molar-refractivity contribution in [2.24, 2.45) is 0 Å². The maximum atomic E-state index is 11.8. The number of nitrogens with one attached hydrogen (secondary N) is 1. The smallest absolute Gasteiger partial charge is 0.321 e. The van der Waals surface area contributed by atoms with E-state index in [1.165, 1.54) is 0 Å². The quantitative estimate of drug-likeness (QED) is 0.702. The monoisotopic (exact) mass is 343 g/mol. The minimum Gasteiger partial charge on any atom is -0.480 e. The molecule has 3 N–H and O–H groups in total. The number of carboxylic acid groups (broad SMARTS) is 1. The minimum absolute atomic E-state index is 0.0155. The number of thiophene rings is 1. The maximum absolute atomic E-state index is 11.8. The van der Waals surface area contributed by atoms with Crippen LogP contribution in [-0.2, 0) is 14.8 Å². The fourth-order valence-electron chi connectivity index (χ4n) is 1.07. The number of carboxylic acids is 1. The van der Waals surface area contributed by atoms with Gasteiger partial charge in [-0.1, -0.05) is 0 Å². The van der Waals surface area contributed by atoms with Gasteiger partial charge in [0.15, 0.2) is 0 Å². The third kappa shape index (κ3) is 3.75. The Hall–Kier alpha value is -0.480. The van der Waals surface area contributed by atoms with Crippen LogP contribution in [0.15, 0.2) is 20.1 Å². The number of aliphatic hydroxyl groups is 1. The van der Waals surface area contributed by atoms with Crippen molar-refractivity contribution in [3.05, 3.63) is 15.9 Å². The summed E-state index contributed by atoms with van der Waals surface area (Å²) in [7, 11) is -3.88. The average Bonchev–Trinajstić information content (AvgIpc) is 2.64. The molecule has 0 bridgehead atoms. The van der Waals surface area contributed by atoms with Crippen LogP contribution in [0.3, 0.4) is 0 Å². The van der Waals surface area contributed by atoms with Crippen molar-refractivity contribution in [3.63, 3.8) is 0 Å². The van der Waals surface area contributed by atoms with Gasteiger partial charge in [-0.05, 0) is 33.8 Å². The van der Waals surface area contributed by atoms with Gasteiger partial charge in [-0.15, -0.1) is 11.3 Å². The van der Waals surface area contributed by atoms with Gasteiger partial charge in [0.05, 0.1) is 0 Å². The first-order valence-corrected chi connectivity index (χ1v) is 7.63. The number of halogens is 1. The summed E-state index contributed by atoms with van der Waals surface area (Å²) in [6, 6.07) is 0.222. The van der Waals surface area contributed by atoms with E-state index in [1.54, 1.807) is 11.4 Å². The predicted molar refractivity (Wildman–Crippen MR) is 65.5 cm³/mol. The number of sulfonamides is 1. The molecule has 1 aromatic rings. The molecular weight excluding hydrogens is 334 g/mol. The van der Waals surface area contributed by atoms with Gasteiger partial charge in [0.1, 0.15) is 10.3 Å². The van der Waals surface area contributed by atoms with Crippen LogP contribution < -0.4 is 4.72 Å². The lowest BCUT2D eigenvalue weighted by Gasteiger charge is -2.12. The van der Waals surface area contributed by atoms with Gasteiger partial charge in [0.25, 0.3) is 10.0 Å². The van der Waals surface area contributed by atoms with Gasteiger partial charge in [-0.25, -0.2) is 8.42 Å². The molecule has 0 amide bonds. The van der Waals surface area contributed by atoms with Crippen molar-refractivity contribution in [2.75, 3.05) is 6.61 Å². The predicted octanol–water partition coefficient (Wildman–Crippen LogP) is 0.624. The Kier molecular flexibility index (Phi) is 5.07. The largest absolute Gasteiger partial charge is 0.480 e. The summed E-state index contributed by atoms with van der Waals surface area (Å²) in [5.74, 6) is -1.32. The van der Waals surface area contributed by atoms with Crippen LogP contribution in [0.2, 0.25) is 0 Å². The Morgan fingerprint density at radius 2 is 2.24 bits per heavy atom. The molecule has 0 fully saturated rings. The summed E-state index contributed by atoms with van der Waals surface area (Å²) >= 11 is 4.04. The SMILES string of the molecule is O=C(O)C(CCO)NS(=O)(=O)c1sccc1Br. The number of hydrogen-bond donors (Lipinski definition) is 3. The molecule has 1 aromatic heterocycles. The summed E-state index contributed by atoms with van der Waals surface area (Å²) in [5, 5.41) is 19.0. The number of aliphatic carboxylic acids is 1. The minimum atomic E-state index is -3.88. The lowest BCUT2D eigenvalue weighted by molar-refractivity contribution is -0.139. The first-order valence-electron chi connectivity index (χ1n) is 4.47. The second-order valence-corrected chi connectivity index (χ2v) is 6.76. The molecule has 1 unspecified atom stereocenters. The fourth-order valence-corrected chi connectivity index (χ4v) is 4.65. The first-order chi connectivity index (χ1) is 7.88. The van der Waals surface area contributed by atoms with Crippen LogP contribution in [0, 0.1) is 0 Å². The molecule has 9 heteroatoms. The third-order valence-electron chi connectivity index (χ3n) is 1.84. The second-order valence-electron chi connectivity index (χ2n) is 3.08. The molecule has 0 aliphatic rings. The van der Waals surface area contributed by atoms with Gasteiger partial charge in [0, 0.05) is 11.1 Å². The zero-order chi connectivity index (χ0) is 13.1. The van der Waals surface area contributed by atoms with Crippen LogP contribution in [0.5, 0.6) is 0 Å². The highest BCUT2D eigenvalue weighted by Gasteiger charge is 2.27. The Bertz CT molecular complexity index is 498. The Balaban J connectivity index is 2.93. The van der Waals surface area contributed by atoms with E-state index in [0.717, 1.165) is 11.3 Å². The number of rotatable bonds is 6. The highest BCUT2D eigenvalue weighted by atomic mass is 79.9. The molecule has 0 aromatic carbocycles. The Morgan fingerprint density at radius 3 is 2.65 bits per heavy atom. The highest BCUT2D eigenvalue weighted by molar-refractivity contribution is 9.10. The molecular formula is C8H10BrNO5S2. The van der Waals surface area contributed by atoms with Gasteiger partial charge < -0.3 is 10.2 Å². The lowest BCUT2D eigenvalue weighted by Crippen LogP contribution is -2.41. The van der Waals surface area contributed by atoms with E-state index in [9.17, 15) is 13.2 Å². The van der Waals surface area contributed by atoms with E-state index in [4.69, 9.17) is 10.2 Å². The fraction of sp³-hybridized carbons (Fsp3) is 0.375. The van der Waals surface area contributed by atoms with Gasteiger partial charge in [-0.3, -0.25) is 4.79 Å². The molecule has 1 rings (SSSR count). The average molecular weight is 344 g/mol. The van der Waals surface area contributed by atoms with Crippen molar-refractivity contribution in [1.29, 1.82) is 0 Å². The van der Waals surface area contributed by atoms with Crippen LogP contribution in [-0.4, -0.2) is 37.2 Å². The molecule has 0 spiro atoms. The van der Waals surface area contributed by atoms with Gasteiger partial charge in [0.2, 0.25) is 0 Å². The Labute approximate surface area is 110 Å². The lowest BCUT2D eigenvalue weighted by atomic mass is 10.2. The highest BCUT2D eigenvalue weighted by Crippen LogP contribution is 2.27. The van der Waals surface area contributed by atoms with E-state index in [0.29, 0.717) is 4.47 Å². The number of aliphatic hydroxyl groups excluding tert-OH is 1. The molecule has 0 saturated heterocycles. The van der Waals surface area contributed by atoms with Crippen LogP contribution in [0.1, 0.15) is 6.42 Å². The molecule has 0 radical (unpaired) electrons. The second kappa shape index (κ2) is 5.91. The zero-order valence-corrected chi connectivity index (χ0v) is 11.7. The molecule has 17 heavy (non-hydrogen) atoms. The normalized spacial score (nSPS) is 13.5. The van der Waals surface area contributed by atoms with Crippen molar-refractivity contribution < 1.29 is 23.4 Å². The van der Waals surface area contributed by atoms with E-state index in [-0.39, 0.29) is 10.6 Å². The van der Waals surface area contributed by atoms with E-state index in [2.05, 4.69) is 15.9 Å². The molecule has 0 aliphatic heterocycles. The summed E-state index contributed by atoms with van der Waals surface area (Å²) in [6.07, 6.45) is -0.183. The van der Waals surface area contributed by atoms with E-state index in [1.807, 2.05) is 4.72 Å². The summed E-state index contributed by atoms with van der Waals surface area (Å²) < 4.78 is 26.1. The van der Waals surface area contributed by atoms with Crippen molar-refractivity contribution in [3.8, 4) is 0 Å². The zero-order valence-electron chi connectivity index (χ0n) is 8.46. The molecule has 0 aliphatic carbocycles. The standard InChI is InChI=1S/C8H10BrNO5S2/c9-5-2-4-16-8(5)17(14,15)10-6(1-3-11)7(12)13/h2,4,6,10-11H,1,3H2,(H,12,13).